The Morgan fingerprint density at radius 3 is 2.89 bits per heavy atom. The SMILES string of the molecule is C#CCCC(F)CNC. The Labute approximate surface area is 55.6 Å². The highest BCUT2D eigenvalue weighted by Gasteiger charge is 2.01. The molecule has 0 aromatic carbocycles. The first-order valence-electron chi connectivity index (χ1n) is 3.03. The molecule has 0 aromatic heterocycles. The van der Waals surface area contributed by atoms with E-state index in [4.69, 9.17) is 6.42 Å². The Bertz CT molecular complexity index is 95.6. The smallest absolute Gasteiger partial charge is 0.113 e. The van der Waals surface area contributed by atoms with E-state index in [-0.39, 0.29) is 0 Å². The van der Waals surface area contributed by atoms with Gasteiger partial charge in [0.15, 0.2) is 0 Å². The van der Waals surface area contributed by atoms with Gasteiger partial charge < -0.3 is 5.32 Å². The highest BCUT2D eigenvalue weighted by atomic mass is 19.1. The van der Waals surface area contributed by atoms with Gasteiger partial charge in [0, 0.05) is 13.0 Å². The molecule has 0 radical (unpaired) electrons. The van der Waals surface area contributed by atoms with E-state index in [1.54, 1.807) is 7.05 Å². The summed E-state index contributed by atoms with van der Waals surface area (Å²) in [4.78, 5) is 0. The molecule has 52 valence electrons. The van der Waals surface area contributed by atoms with Crippen LogP contribution < -0.4 is 5.32 Å². The van der Waals surface area contributed by atoms with E-state index in [0.29, 0.717) is 19.4 Å². The summed E-state index contributed by atoms with van der Waals surface area (Å²) >= 11 is 0. The zero-order chi connectivity index (χ0) is 7.11. The van der Waals surface area contributed by atoms with Crippen molar-refractivity contribution in [1.29, 1.82) is 0 Å². The first-order valence-corrected chi connectivity index (χ1v) is 3.03. The molecule has 0 aliphatic carbocycles. The minimum atomic E-state index is -0.786. The molecular formula is C7H12FN. The Hall–Kier alpha value is -0.550. The van der Waals surface area contributed by atoms with Gasteiger partial charge in [0.2, 0.25) is 0 Å². The summed E-state index contributed by atoms with van der Waals surface area (Å²) in [6, 6.07) is 0. The molecule has 1 atom stereocenters. The normalized spacial score (nSPS) is 12.6. The van der Waals surface area contributed by atoms with Crippen LogP contribution in [0, 0.1) is 12.3 Å². The lowest BCUT2D eigenvalue weighted by Gasteiger charge is -2.02. The zero-order valence-electron chi connectivity index (χ0n) is 5.65. The number of terminal acetylenes is 1. The van der Waals surface area contributed by atoms with Crippen molar-refractivity contribution in [2.45, 2.75) is 19.0 Å². The fourth-order valence-electron chi connectivity index (χ4n) is 0.564. The quantitative estimate of drug-likeness (QED) is 0.557. The second kappa shape index (κ2) is 5.58. The average Bonchev–Trinajstić information content (AvgIpc) is 1.85. The van der Waals surface area contributed by atoms with Gasteiger partial charge in [0.05, 0.1) is 0 Å². The fourth-order valence-corrected chi connectivity index (χ4v) is 0.564. The molecule has 0 saturated carbocycles. The summed E-state index contributed by atoms with van der Waals surface area (Å²) in [6.07, 6.45) is 5.15. The molecule has 9 heavy (non-hydrogen) atoms. The first-order chi connectivity index (χ1) is 4.31. The zero-order valence-corrected chi connectivity index (χ0v) is 5.65. The molecule has 2 heteroatoms. The molecule has 0 amide bonds. The van der Waals surface area contributed by atoms with Crippen LogP contribution in [0.2, 0.25) is 0 Å². The van der Waals surface area contributed by atoms with Crippen LogP contribution in [-0.4, -0.2) is 19.8 Å². The highest BCUT2D eigenvalue weighted by Crippen LogP contribution is 1.98. The monoisotopic (exact) mass is 129 g/mol. The van der Waals surface area contributed by atoms with Crippen molar-refractivity contribution in [2.24, 2.45) is 0 Å². The molecule has 0 rings (SSSR count). The molecule has 0 aliphatic rings. The summed E-state index contributed by atoms with van der Waals surface area (Å²) < 4.78 is 12.4. The molecule has 0 heterocycles. The second-order valence-electron chi connectivity index (χ2n) is 1.90. The summed E-state index contributed by atoms with van der Waals surface area (Å²) in [5.41, 5.74) is 0. The molecule has 0 saturated heterocycles. The van der Waals surface area contributed by atoms with Gasteiger partial charge in [-0.3, -0.25) is 0 Å². The number of nitrogens with one attached hydrogen (secondary N) is 1. The van der Waals surface area contributed by atoms with Crippen LogP contribution >= 0.6 is 0 Å². The van der Waals surface area contributed by atoms with Gasteiger partial charge in [-0.2, -0.15) is 0 Å². The standard InChI is InChI=1S/C7H12FN/c1-3-4-5-7(8)6-9-2/h1,7,9H,4-6H2,2H3. The van der Waals surface area contributed by atoms with Gasteiger partial charge in [0.1, 0.15) is 6.17 Å². The number of rotatable bonds is 4. The van der Waals surface area contributed by atoms with E-state index in [2.05, 4.69) is 11.2 Å². The van der Waals surface area contributed by atoms with Crippen LogP contribution in [0.5, 0.6) is 0 Å². The van der Waals surface area contributed by atoms with Crippen LogP contribution in [0.3, 0.4) is 0 Å². The maximum Gasteiger partial charge on any atom is 0.113 e. The molecule has 0 bridgehead atoms. The van der Waals surface area contributed by atoms with E-state index < -0.39 is 6.17 Å². The van der Waals surface area contributed by atoms with Gasteiger partial charge in [-0.25, -0.2) is 4.39 Å². The molecule has 0 spiro atoms. The summed E-state index contributed by atoms with van der Waals surface area (Å²) in [6.45, 7) is 0.404. The van der Waals surface area contributed by atoms with Crippen molar-refractivity contribution in [2.75, 3.05) is 13.6 Å². The summed E-state index contributed by atoms with van der Waals surface area (Å²) in [7, 11) is 1.72. The molecule has 1 N–H and O–H groups in total. The molecule has 0 aromatic rings. The molecule has 1 nitrogen and oxygen atoms in total. The summed E-state index contributed by atoms with van der Waals surface area (Å²) in [5, 5.41) is 2.73. The van der Waals surface area contributed by atoms with Crippen LogP contribution in [0.25, 0.3) is 0 Å². The third-order valence-electron chi connectivity index (χ3n) is 1.03. The minimum absolute atomic E-state index is 0.404. The largest absolute Gasteiger partial charge is 0.317 e. The lowest BCUT2D eigenvalue weighted by Crippen LogP contribution is -2.19. The van der Waals surface area contributed by atoms with E-state index >= 15 is 0 Å². The van der Waals surface area contributed by atoms with Gasteiger partial charge in [-0.1, -0.05) is 0 Å². The number of halogens is 1. The van der Waals surface area contributed by atoms with Crippen molar-refractivity contribution in [1.82, 2.24) is 5.32 Å². The Morgan fingerprint density at radius 1 is 1.78 bits per heavy atom. The number of hydrogen-bond acceptors (Lipinski definition) is 1. The Morgan fingerprint density at radius 2 is 2.44 bits per heavy atom. The predicted octanol–water partition coefficient (Wildman–Crippen LogP) is 0.957. The number of alkyl halides is 1. The van der Waals surface area contributed by atoms with E-state index in [0.717, 1.165) is 0 Å². The van der Waals surface area contributed by atoms with E-state index in [1.807, 2.05) is 0 Å². The van der Waals surface area contributed by atoms with Gasteiger partial charge in [-0.15, -0.1) is 12.3 Å². The van der Waals surface area contributed by atoms with Crippen LogP contribution in [0.1, 0.15) is 12.8 Å². The third-order valence-corrected chi connectivity index (χ3v) is 1.03. The lowest BCUT2D eigenvalue weighted by atomic mass is 10.2. The molecular weight excluding hydrogens is 117 g/mol. The topological polar surface area (TPSA) is 12.0 Å². The van der Waals surface area contributed by atoms with Crippen molar-refractivity contribution >= 4 is 0 Å². The van der Waals surface area contributed by atoms with Crippen molar-refractivity contribution in [3.8, 4) is 12.3 Å². The lowest BCUT2D eigenvalue weighted by molar-refractivity contribution is 0.311. The van der Waals surface area contributed by atoms with Gasteiger partial charge in [-0.05, 0) is 13.5 Å². The fraction of sp³-hybridized carbons (Fsp3) is 0.714. The molecule has 0 fully saturated rings. The predicted molar refractivity (Wildman–Crippen MR) is 36.9 cm³/mol. The van der Waals surface area contributed by atoms with Crippen molar-refractivity contribution in [3.63, 3.8) is 0 Å². The van der Waals surface area contributed by atoms with Crippen LogP contribution in [0.15, 0.2) is 0 Å². The van der Waals surface area contributed by atoms with Crippen LogP contribution in [0.4, 0.5) is 4.39 Å². The summed E-state index contributed by atoms with van der Waals surface area (Å²) in [5.74, 6) is 2.39. The third kappa shape index (κ3) is 5.32. The average molecular weight is 129 g/mol. The number of hydrogen-bond donors (Lipinski definition) is 1. The van der Waals surface area contributed by atoms with E-state index in [9.17, 15) is 4.39 Å². The van der Waals surface area contributed by atoms with Gasteiger partial charge >= 0.3 is 0 Å². The molecule has 0 aliphatic heterocycles. The van der Waals surface area contributed by atoms with Gasteiger partial charge in [0.25, 0.3) is 0 Å². The Kier molecular flexibility index (Phi) is 5.24. The minimum Gasteiger partial charge on any atom is -0.317 e. The second-order valence-corrected chi connectivity index (χ2v) is 1.90. The van der Waals surface area contributed by atoms with Crippen LogP contribution in [-0.2, 0) is 0 Å². The Balaban J connectivity index is 3.07. The van der Waals surface area contributed by atoms with Crippen molar-refractivity contribution < 1.29 is 4.39 Å². The van der Waals surface area contributed by atoms with Crippen molar-refractivity contribution in [3.05, 3.63) is 0 Å². The highest BCUT2D eigenvalue weighted by molar-refractivity contribution is 4.84. The maximum absolute atomic E-state index is 12.4. The van der Waals surface area contributed by atoms with E-state index in [1.165, 1.54) is 0 Å². The maximum atomic E-state index is 12.4. The molecule has 1 unspecified atom stereocenters. The first kappa shape index (κ1) is 8.45.